The number of carboxylic acid groups (broad SMARTS) is 1. The number of benzene rings is 1. The molecule has 0 aliphatic carbocycles. The van der Waals surface area contributed by atoms with Gasteiger partial charge in [0.15, 0.2) is 6.04 Å². The Bertz CT molecular complexity index is 517. The highest BCUT2D eigenvalue weighted by Gasteiger charge is 2.45. The molecule has 0 unspecified atom stereocenters. The molecule has 2 atom stereocenters. The van der Waals surface area contributed by atoms with Crippen LogP contribution in [0.5, 0.6) is 0 Å². The van der Waals surface area contributed by atoms with Gasteiger partial charge in [-0.3, -0.25) is 4.90 Å². The SMILES string of the molecule is CCCCCCC[C@@H]1OC(=O)N(Cc2ccccc2)[C@H]1C(=O)O. The van der Waals surface area contributed by atoms with Gasteiger partial charge >= 0.3 is 12.1 Å². The average molecular weight is 319 g/mol. The van der Waals surface area contributed by atoms with Crippen LogP contribution < -0.4 is 0 Å². The first-order valence-corrected chi connectivity index (χ1v) is 8.37. The van der Waals surface area contributed by atoms with Gasteiger partial charge in [-0.2, -0.15) is 0 Å². The highest BCUT2D eigenvalue weighted by Crippen LogP contribution is 2.26. The number of carbonyl (C=O) groups is 2. The van der Waals surface area contributed by atoms with E-state index in [9.17, 15) is 14.7 Å². The van der Waals surface area contributed by atoms with E-state index in [1.807, 2.05) is 30.3 Å². The van der Waals surface area contributed by atoms with Crippen molar-refractivity contribution in [3.05, 3.63) is 35.9 Å². The van der Waals surface area contributed by atoms with Crippen molar-refractivity contribution in [1.29, 1.82) is 0 Å². The fraction of sp³-hybridized carbons (Fsp3) is 0.556. The lowest BCUT2D eigenvalue weighted by Crippen LogP contribution is -2.42. The molecular weight excluding hydrogens is 294 g/mol. The van der Waals surface area contributed by atoms with Gasteiger partial charge in [0.25, 0.3) is 0 Å². The number of ether oxygens (including phenoxy) is 1. The second kappa shape index (κ2) is 8.56. The minimum absolute atomic E-state index is 0.267. The molecule has 1 fully saturated rings. The van der Waals surface area contributed by atoms with Gasteiger partial charge in [0.1, 0.15) is 6.10 Å². The summed E-state index contributed by atoms with van der Waals surface area (Å²) in [5.74, 6) is -0.995. The van der Waals surface area contributed by atoms with E-state index < -0.39 is 24.2 Å². The second-order valence-corrected chi connectivity index (χ2v) is 6.02. The second-order valence-electron chi connectivity index (χ2n) is 6.02. The summed E-state index contributed by atoms with van der Waals surface area (Å²) in [6, 6.07) is 8.50. The maximum absolute atomic E-state index is 12.1. The first-order valence-electron chi connectivity index (χ1n) is 8.37. The lowest BCUT2D eigenvalue weighted by molar-refractivity contribution is -0.143. The van der Waals surface area contributed by atoms with E-state index in [0.29, 0.717) is 6.42 Å². The molecule has 5 nitrogen and oxygen atoms in total. The largest absolute Gasteiger partial charge is 0.480 e. The van der Waals surface area contributed by atoms with Crippen molar-refractivity contribution in [1.82, 2.24) is 4.90 Å². The zero-order valence-electron chi connectivity index (χ0n) is 13.6. The molecule has 126 valence electrons. The van der Waals surface area contributed by atoms with E-state index in [1.165, 1.54) is 17.7 Å². The lowest BCUT2D eigenvalue weighted by atomic mass is 10.0. The van der Waals surface area contributed by atoms with Crippen molar-refractivity contribution in [3.63, 3.8) is 0 Å². The Balaban J connectivity index is 1.96. The van der Waals surface area contributed by atoms with Crippen molar-refractivity contribution in [2.75, 3.05) is 0 Å². The van der Waals surface area contributed by atoms with Crippen LogP contribution in [-0.4, -0.2) is 34.2 Å². The van der Waals surface area contributed by atoms with Gasteiger partial charge in [-0.05, 0) is 18.4 Å². The van der Waals surface area contributed by atoms with Crippen LogP contribution in [0.25, 0.3) is 0 Å². The smallest absolute Gasteiger partial charge is 0.411 e. The Morgan fingerprint density at radius 2 is 1.87 bits per heavy atom. The van der Waals surface area contributed by atoms with Gasteiger partial charge in [0.05, 0.1) is 6.54 Å². The Morgan fingerprint density at radius 3 is 2.52 bits per heavy atom. The molecule has 5 heteroatoms. The van der Waals surface area contributed by atoms with Crippen LogP contribution in [0.1, 0.15) is 51.0 Å². The Hall–Kier alpha value is -2.04. The molecule has 1 aromatic carbocycles. The average Bonchev–Trinajstić information content (AvgIpc) is 2.84. The third kappa shape index (κ3) is 4.71. The molecular formula is C18H25NO4. The minimum atomic E-state index is -0.995. The molecule has 23 heavy (non-hydrogen) atoms. The van der Waals surface area contributed by atoms with Crippen LogP contribution in [0, 0.1) is 0 Å². The highest BCUT2D eigenvalue weighted by molar-refractivity contribution is 5.83. The quantitative estimate of drug-likeness (QED) is 0.703. The number of hydrogen-bond donors (Lipinski definition) is 1. The van der Waals surface area contributed by atoms with E-state index in [2.05, 4.69) is 6.92 Å². The molecule has 0 saturated carbocycles. The molecule has 0 bridgehead atoms. The van der Waals surface area contributed by atoms with Gasteiger partial charge in [-0.25, -0.2) is 9.59 Å². The number of carboxylic acids is 1. The fourth-order valence-corrected chi connectivity index (χ4v) is 2.98. The third-order valence-electron chi connectivity index (χ3n) is 4.22. The summed E-state index contributed by atoms with van der Waals surface area (Å²) in [5, 5.41) is 9.52. The van der Waals surface area contributed by atoms with E-state index in [1.54, 1.807) is 0 Å². The van der Waals surface area contributed by atoms with Crippen molar-refractivity contribution in [2.45, 2.75) is 64.1 Å². The van der Waals surface area contributed by atoms with Gasteiger partial charge in [-0.15, -0.1) is 0 Å². The maximum Gasteiger partial charge on any atom is 0.411 e. The number of unbranched alkanes of at least 4 members (excludes halogenated alkanes) is 4. The third-order valence-corrected chi connectivity index (χ3v) is 4.22. The highest BCUT2D eigenvalue weighted by atomic mass is 16.6. The Kier molecular flexibility index (Phi) is 6.44. The van der Waals surface area contributed by atoms with Crippen LogP contribution in [0.2, 0.25) is 0 Å². The van der Waals surface area contributed by atoms with Crippen LogP contribution >= 0.6 is 0 Å². The Labute approximate surface area is 137 Å². The molecule has 2 rings (SSSR count). The van der Waals surface area contributed by atoms with Crippen LogP contribution in [0.15, 0.2) is 30.3 Å². The first kappa shape index (κ1) is 17.3. The normalized spacial score (nSPS) is 20.6. The molecule has 1 aromatic rings. The van der Waals surface area contributed by atoms with E-state index >= 15 is 0 Å². The first-order chi connectivity index (χ1) is 11.1. The molecule has 1 amide bonds. The standard InChI is InChI=1S/C18H25NO4/c1-2-3-4-5-9-12-15-16(17(20)21)19(18(22)23-15)13-14-10-7-6-8-11-14/h6-8,10-11,15-16H,2-5,9,12-13H2,1H3,(H,20,21)/t15-,16+/m0/s1. The molecule has 0 aromatic heterocycles. The molecule has 0 radical (unpaired) electrons. The van der Waals surface area contributed by atoms with Crippen molar-refractivity contribution in [2.24, 2.45) is 0 Å². The molecule has 1 aliphatic heterocycles. The zero-order valence-corrected chi connectivity index (χ0v) is 13.6. The molecule has 1 heterocycles. The predicted octanol–water partition coefficient (Wildman–Crippen LogP) is 3.82. The van der Waals surface area contributed by atoms with Crippen LogP contribution in [0.4, 0.5) is 4.79 Å². The Morgan fingerprint density at radius 1 is 1.17 bits per heavy atom. The van der Waals surface area contributed by atoms with E-state index in [0.717, 1.165) is 24.8 Å². The fourth-order valence-electron chi connectivity index (χ4n) is 2.98. The van der Waals surface area contributed by atoms with Crippen LogP contribution in [-0.2, 0) is 16.1 Å². The van der Waals surface area contributed by atoms with Crippen molar-refractivity contribution >= 4 is 12.1 Å². The molecule has 0 spiro atoms. The number of hydrogen-bond acceptors (Lipinski definition) is 3. The van der Waals surface area contributed by atoms with Gasteiger partial charge < -0.3 is 9.84 Å². The molecule has 1 aliphatic rings. The van der Waals surface area contributed by atoms with E-state index in [-0.39, 0.29) is 6.54 Å². The van der Waals surface area contributed by atoms with Crippen molar-refractivity contribution in [3.8, 4) is 0 Å². The predicted molar refractivity (Wildman–Crippen MR) is 87.1 cm³/mol. The van der Waals surface area contributed by atoms with Gasteiger partial charge in [0.2, 0.25) is 0 Å². The monoisotopic (exact) mass is 319 g/mol. The molecule has 1 N–H and O–H groups in total. The summed E-state index contributed by atoms with van der Waals surface area (Å²) in [5.41, 5.74) is 0.902. The summed E-state index contributed by atoms with van der Waals surface area (Å²) >= 11 is 0. The number of aliphatic carboxylic acids is 1. The van der Waals surface area contributed by atoms with Crippen molar-refractivity contribution < 1.29 is 19.4 Å². The number of cyclic esters (lactones) is 1. The summed E-state index contributed by atoms with van der Waals surface area (Å²) < 4.78 is 5.33. The summed E-state index contributed by atoms with van der Waals surface area (Å²) in [6.07, 6.45) is 4.97. The number of amides is 1. The lowest BCUT2D eigenvalue weighted by Gasteiger charge is -2.21. The zero-order chi connectivity index (χ0) is 16.7. The summed E-state index contributed by atoms with van der Waals surface area (Å²) in [4.78, 5) is 25.0. The number of carbonyl (C=O) groups excluding carboxylic acids is 1. The number of rotatable bonds is 9. The molecule has 1 saturated heterocycles. The van der Waals surface area contributed by atoms with E-state index in [4.69, 9.17) is 4.74 Å². The summed E-state index contributed by atoms with van der Waals surface area (Å²) in [6.45, 7) is 2.42. The summed E-state index contributed by atoms with van der Waals surface area (Å²) in [7, 11) is 0. The topological polar surface area (TPSA) is 66.8 Å². The maximum atomic E-state index is 12.1. The van der Waals surface area contributed by atoms with Gasteiger partial charge in [-0.1, -0.05) is 62.9 Å². The number of nitrogens with zero attached hydrogens (tertiary/aromatic N) is 1. The van der Waals surface area contributed by atoms with Gasteiger partial charge in [0, 0.05) is 0 Å². The van der Waals surface area contributed by atoms with Crippen LogP contribution in [0.3, 0.4) is 0 Å². The minimum Gasteiger partial charge on any atom is -0.480 e.